The molecule has 0 aliphatic carbocycles. The average Bonchev–Trinajstić information content (AvgIpc) is 2.69. The van der Waals surface area contributed by atoms with Crippen LogP contribution in [0.25, 0.3) is 0 Å². The van der Waals surface area contributed by atoms with Crippen LogP contribution in [0.15, 0.2) is 42.5 Å². The lowest BCUT2D eigenvalue weighted by atomic mass is 9.82. The lowest BCUT2D eigenvalue weighted by molar-refractivity contribution is -0.154. The first-order valence-corrected chi connectivity index (χ1v) is 11.1. The first-order valence-electron chi connectivity index (χ1n) is 10.00. The molecule has 1 heterocycles. The van der Waals surface area contributed by atoms with E-state index in [0.717, 1.165) is 5.56 Å². The maximum absolute atomic E-state index is 12.6. The van der Waals surface area contributed by atoms with Gasteiger partial charge in [-0.1, -0.05) is 53.0 Å². The van der Waals surface area contributed by atoms with Gasteiger partial charge in [-0.2, -0.15) is 0 Å². The Morgan fingerprint density at radius 1 is 1.13 bits per heavy atom. The average molecular weight is 487 g/mol. The van der Waals surface area contributed by atoms with Crippen LogP contribution in [0.2, 0.25) is 15.1 Å². The summed E-state index contributed by atoms with van der Waals surface area (Å²) in [5, 5.41) is 13.1. The fourth-order valence-electron chi connectivity index (χ4n) is 3.49. The molecule has 0 bridgehead atoms. The number of benzene rings is 2. The van der Waals surface area contributed by atoms with Crippen molar-refractivity contribution in [3.63, 3.8) is 0 Å². The van der Waals surface area contributed by atoms with Crippen molar-refractivity contribution in [3.05, 3.63) is 68.7 Å². The fraction of sp³-hybridized carbons (Fsp3) is 0.435. The second kappa shape index (κ2) is 9.55. The zero-order valence-electron chi connectivity index (χ0n) is 17.7. The summed E-state index contributed by atoms with van der Waals surface area (Å²) in [4.78, 5) is 14.2. The van der Waals surface area contributed by atoms with Crippen LogP contribution in [0.1, 0.15) is 38.3 Å². The van der Waals surface area contributed by atoms with E-state index in [4.69, 9.17) is 44.3 Å². The molecular formula is C23H26Cl3NO4. The number of likely N-dealkylation sites (tertiary alicyclic amines) is 1. The maximum atomic E-state index is 12.6. The first kappa shape index (κ1) is 24.1. The fourth-order valence-corrected chi connectivity index (χ4v) is 3.93. The number of rotatable bonds is 4. The van der Waals surface area contributed by atoms with Gasteiger partial charge in [0.2, 0.25) is 0 Å². The number of nitrogens with zero attached hydrogens (tertiary/aromatic N) is 1. The van der Waals surface area contributed by atoms with Crippen LogP contribution in [0.5, 0.6) is 0 Å². The summed E-state index contributed by atoms with van der Waals surface area (Å²) in [6.45, 7) is 6.15. The van der Waals surface area contributed by atoms with Gasteiger partial charge in [0.15, 0.2) is 0 Å². The minimum Gasteiger partial charge on any atom is -0.444 e. The second-order valence-electron chi connectivity index (χ2n) is 8.66. The molecule has 1 amide bonds. The van der Waals surface area contributed by atoms with Crippen LogP contribution in [0.4, 0.5) is 4.79 Å². The monoisotopic (exact) mass is 485 g/mol. The van der Waals surface area contributed by atoms with Crippen LogP contribution in [0, 0.1) is 0 Å². The van der Waals surface area contributed by atoms with E-state index in [1.165, 1.54) is 0 Å². The Hall–Kier alpha value is -1.50. The van der Waals surface area contributed by atoms with Crippen molar-refractivity contribution in [3.8, 4) is 0 Å². The normalized spacial score (nSPS) is 21.8. The van der Waals surface area contributed by atoms with E-state index in [1.54, 1.807) is 41.3 Å². The Labute approximate surface area is 197 Å². The molecule has 1 aliphatic heterocycles. The Kier molecular flexibility index (Phi) is 7.44. The minimum absolute atomic E-state index is 0.176. The summed E-state index contributed by atoms with van der Waals surface area (Å²) in [5.41, 5.74) is -0.418. The topological polar surface area (TPSA) is 59.0 Å². The molecule has 0 radical (unpaired) electrons. The highest BCUT2D eigenvalue weighted by Crippen LogP contribution is 2.36. The quantitative estimate of drug-likeness (QED) is 0.570. The standard InChI is InChI=1S/C23H26Cl3NO4/c1-22(2,3)31-21(28)27-11-10-23(29,16-5-7-17(24)8-6-16)20(13-27)30-14-15-4-9-18(25)19(26)12-15/h4-9,12,20,29H,10-11,13-14H2,1-3H3. The summed E-state index contributed by atoms with van der Waals surface area (Å²) in [7, 11) is 0. The lowest BCUT2D eigenvalue weighted by Crippen LogP contribution is -2.56. The maximum Gasteiger partial charge on any atom is 0.410 e. The van der Waals surface area contributed by atoms with Gasteiger partial charge in [-0.15, -0.1) is 0 Å². The van der Waals surface area contributed by atoms with E-state index < -0.39 is 23.4 Å². The largest absolute Gasteiger partial charge is 0.444 e. The molecule has 0 aromatic heterocycles. The molecule has 31 heavy (non-hydrogen) atoms. The first-order chi connectivity index (χ1) is 14.5. The lowest BCUT2D eigenvalue weighted by Gasteiger charge is -2.44. The van der Waals surface area contributed by atoms with Gasteiger partial charge in [0.05, 0.1) is 23.2 Å². The number of hydrogen-bond donors (Lipinski definition) is 1. The SMILES string of the molecule is CC(C)(C)OC(=O)N1CCC(O)(c2ccc(Cl)cc2)C(OCc2ccc(Cl)c(Cl)c2)C1. The zero-order valence-corrected chi connectivity index (χ0v) is 20.0. The molecule has 1 fully saturated rings. The summed E-state index contributed by atoms with van der Waals surface area (Å²) >= 11 is 18.1. The molecule has 1 N–H and O–H groups in total. The van der Waals surface area contributed by atoms with Gasteiger partial charge in [-0.05, 0) is 56.2 Å². The second-order valence-corrected chi connectivity index (χ2v) is 9.91. The van der Waals surface area contributed by atoms with Crippen molar-refractivity contribution in [2.24, 2.45) is 0 Å². The molecule has 168 valence electrons. The number of hydrogen-bond acceptors (Lipinski definition) is 4. The van der Waals surface area contributed by atoms with Gasteiger partial charge in [0.1, 0.15) is 17.3 Å². The molecule has 8 heteroatoms. The molecule has 2 aromatic rings. The molecule has 0 saturated carbocycles. The molecule has 2 atom stereocenters. The molecule has 0 spiro atoms. The van der Waals surface area contributed by atoms with Crippen molar-refractivity contribution in [2.75, 3.05) is 13.1 Å². The van der Waals surface area contributed by atoms with Gasteiger partial charge in [-0.25, -0.2) is 4.79 Å². The number of carbonyl (C=O) groups excluding carboxylic acids is 1. The van der Waals surface area contributed by atoms with E-state index in [0.29, 0.717) is 33.6 Å². The number of halogens is 3. The highest BCUT2D eigenvalue weighted by Gasteiger charge is 2.45. The number of carbonyl (C=O) groups is 1. The third-order valence-corrected chi connectivity index (χ3v) is 6.10. The van der Waals surface area contributed by atoms with Crippen molar-refractivity contribution in [1.29, 1.82) is 0 Å². The van der Waals surface area contributed by atoms with Gasteiger partial charge in [0.25, 0.3) is 0 Å². The third-order valence-electron chi connectivity index (χ3n) is 5.11. The Balaban J connectivity index is 1.83. The van der Waals surface area contributed by atoms with Gasteiger partial charge in [0, 0.05) is 18.0 Å². The Bertz CT molecular complexity index is 929. The zero-order chi connectivity index (χ0) is 22.8. The Morgan fingerprint density at radius 3 is 2.42 bits per heavy atom. The van der Waals surface area contributed by atoms with Crippen molar-refractivity contribution in [2.45, 2.75) is 51.1 Å². The van der Waals surface area contributed by atoms with Crippen molar-refractivity contribution >= 4 is 40.9 Å². The number of amides is 1. The molecular weight excluding hydrogens is 461 g/mol. The van der Waals surface area contributed by atoms with Crippen LogP contribution < -0.4 is 0 Å². The molecule has 3 rings (SSSR count). The summed E-state index contributed by atoms with van der Waals surface area (Å²) in [6, 6.07) is 12.2. The summed E-state index contributed by atoms with van der Waals surface area (Å²) < 4.78 is 11.6. The van der Waals surface area contributed by atoms with E-state index in [-0.39, 0.29) is 13.2 Å². The van der Waals surface area contributed by atoms with Gasteiger partial charge in [-0.3, -0.25) is 0 Å². The molecule has 2 unspecified atom stereocenters. The predicted molar refractivity (Wildman–Crippen MR) is 123 cm³/mol. The van der Waals surface area contributed by atoms with Crippen LogP contribution in [-0.4, -0.2) is 40.9 Å². The van der Waals surface area contributed by atoms with E-state index in [9.17, 15) is 9.90 Å². The molecule has 2 aromatic carbocycles. The number of aliphatic hydroxyl groups is 1. The molecule has 1 saturated heterocycles. The highest BCUT2D eigenvalue weighted by atomic mass is 35.5. The van der Waals surface area contributed by atoms with E-state index >= 15 is 0 Å². The van der Waals surface area contributed by atoms with Crippen molar-refractivity contribution in [1.82, 2.24) is 4.90 Å². The molecule has 1 aliphatic rings. The van der Waals surface area contributed by atoms with E-state index in [2.05, 4.69) is 0 Å². The van der Waals surface area contributed by atoms with Crippen molar-refractivity contribution < 1.29 is 19.4 Å². The van der Waals surface area contributed by atoms with Gasteiger partial charge >= 0.3 is 6.09 Å². The number of piperidine rings is 1. The van der Waals surface area contributed by atoms with E-state index in [1.807, 2.05) is 26.8 Å². The van der Waals surface area contributed by atoms with Gasteiger partial charge < -0.3 is 19.5 Å². The van der Waals surface area contributed by atoms with Crippen LogP contribution >= 0.6 is 34.8 Å². The molecule has 5 nitrogen and oxygen atoms in total. The smallest absolute Gasteiger partial charge is 0.410 e. The third kappa shape index (κ3) is 6.05. The predicted octanol–water partition coefficient (Wildman–Crippen LogP) is 6.06. The van der Waals surface area contributed by atoms with Crippen LogP contribution in [-0.2, 0) is 21.7 Å². The summed E-state index contributed by atoms with van der Waals surface area (Å²) in [5.74, 6) is 0. The highest BCUT2D eigenvalue weighted by molar-refractivity contribution is 6.42. The van der Waals surface area contributed by atoms with Crippen LogP contribution in [0.3, 0.4) is 0 Å². The number of ether oxygens (including phenoxy) is 2. The Morgan fingerprint density at radius 2 is 1.81 bits per heavy atom. The summed E-state index contributed by atoms with van der Waals surface area (Å²) in [6.07, 6.45) is -0.835. The minimum atomic E-state index is -1.29.